The Morgan fingerprint density at radius 3 is 2.50 bits per heavy atom. The summed E-state index contributed by atoms with van der Waals surface area (Å²) in [6.45, 7) is 0.182. The van der Waals surface area contributed by atoms with Gasteiger partial charge in [-0.2, -0.15) is 8.42 Å². The molecule has 0 radical (unpaired) electrons. The highest BCUT2D eigenvalue weighted by atomic mass is 32.3. The Balaban J connectivity index is 1.96. The van der Waals surface area contributed by atoms with E-state index in [9.17, 15) is 12.3 Å². The maximum Gasteiger partial charge on any atom is 0.302 e. The van der Waals surface area contributed by atoms with Crippen molar-refractivity contribution >= 4 is 21.0 Å². The van der Waals surface area contributed by atoms with Gasteiger partial charge >= 0.3 is 10.2 Å². The average Bonchev–Trinajstić information content (AvgIpc) is 2.33. The van der Waals surface area contributed by atoms with E-state index in [0.29, 0.717) is 5.75 Å². The molecule has 0 fully saturated rings. The zero-order chi connectivity index (χ0) is 13.0. The predicted octanol–water partition coefficient (Wildman–Crippen LogP) is 2.91. The molecule has 0 amide bonds. The molecule has 0 N–H and O–H groups in total. The Morgan fingerprint density at radius 1 is 1.06 bits per heavy atom. The van der Waals surface area contributed by atoms with Gasteiger partial charge in [-0.05, 0) is 29.3 Å². The predicted molar refractivity (Wildman–Crippen MR) is 69.0 cm³/mol. The lowest BCUT2D eigenvalue weighted by Gasteiger charge is -2.06. The van der Waals surface area contributed by atoms with E-state index in [1.807, 2.05) is 42.5 Å². The fourth-order valence-electron chi connectivity index (χ4n) is 1.68. The molecule has 0 aromatic heterocycles. The van der Waals surface area contributed by atoms with Crippen LogP contribution in [0, 0.1) is 0 Å². The summed E-state index contributed by atoms with van der Waals surface area (Å²) in [4.78, 5) is 0. The molecular formula is C13H13FO3S. The molecule has 0 bridgehead atoms. The van der Waals surface area contributed by atoms with Crippen LogP contribution in [0.2, 0.25) is 0 Å². The van der Waals surface area contributed by atoms with E-state index in [-0.39, 0.29) is 13.0 Å². The molecule has 5 heteroatoms. The molecule has 0 unspecified atom stereocenters. The first-order valence-electron chi connectivity index (χ1n) is 5.58. The Labute approximate surface area is 105 Å². The highest BCUT2D eigenvalue weighted by molar-refractivity contribution is 7.86. The van der Waals surface area contributed by atoms with Crippen molar-refractivity contribution in [2.75, 3.05) is 12.4 Å². The van der Waals surface area contributed by atoms with Crippen LogP contribution >= 0.6 is 0 Å². The highest BCUT2D eigenvalue weighted by Gasteiger charge is 2.06. The number of benzene rings is 2. The highest BCUT2D eigenvalue weighted by Crippen LogP contribution is 2.20. The first-order valence-corrected chi connectivity index (χ1v) is 7.14. The van der Waals surface area contributed by atoms with Crippen LogP contribution in [0.4, 0.5) is 3.89 Å². The van der Waals surface area contributed by atoms with Crippen LogP contribution < -0.4 is 4.74 Å². The van der Waals surface area contributed by atoms with Crippen molar-refractivity contribution < 1.29 is 17.0 Å². The van der Waals surface area contributed by atoms with Gasteiger partial charge in [0.25, 0.3) is 0 Å². The number of fused-ring (bicyclic) bond motifs is 1. The molecule has 2 aromatic rings. The number of ether oxygens (including phenoxy) is 1. The normalized spacial score (nSPS) is 11.6. The van der Waals surface area contributed by atoms with Crippen LogP contribution in [0.15, 0.2) is 42.5 Å². The summed E-state index contributed by atoms with van der Waals surface area (Å²) >= 11 is 0. The first-order chi connectivity index (χ1) is 8.54. The molecule has 2 rings (SSSR count). The summed E-state index contributed by atoms with van der Waals surface area (Å²) in [5.41, 5.74) is 0. The van der Waals surface area contributed by atoms with Gasteiger partial charge in [-0.3, -0.25) is 0 Å². The molecule has 0 atom stereocenters. The van der Waals surface area contributed by atoms with Gasteiger partial charge in [0, 0.05) is 0 Å². The molecule has 0 saturated carbocycles. The maximum absolute atomic E-state index is 12.2. The van der Waals surface area contributed by atoms with E-state index in [0.717, 1.165) is 10.8 Å². The summed E-state index contributed by atoms with van der Waals surface area (Å²) in [5.74, 6) is 0.158. The van der Waals surface area contributed by atoms with E-state index in [2.05, 4.69) is 0 Å². The van der Waals surface area contributed by atoms with Gasteiger partial charge < -0.3 is 4.74 Å². The third kappa shape index (κ3) is 3.70. The van der Waals surface area contributed by atoms with Gasteiger partial charge in [0.1, 0.15) is 5.75 Å². The average molecular weight is 268 g/mol. The number of hydrogen-bond acceptors (Lipinski definition) is 3. The minimum Gasteiger partial charge on any atom is -0.494 e. The molecule has 0 aliphatic rings. The molecule has 0 aliphatic carbocycles. The van der Waals surface area contributed by atoms with Crippen molar-refractivity contribution in [3.63, 3.8) is 0 Å². The summed E-state index contributed by atoms with van der Waals surface area (Å²) in [6.07, 6.45) is 0.145. The molecule has 0 aliphatic heterocycles. The Bertz CT molecular complexity index is 637. The van der Waals surface area contributed by atoms with Crippen molar-refractivity contribution in [2.45, 2.75) is 6.42 Å². The minimum atomic E-state index is -4.39. The zero-order valence-electron chi connectivity index (χ0n) is 9.67. The molecule has 18 heavy (non-hydrogen) atoms. The lowest BCUT2D eigenvalue weighted by atomic mass is 10.1. The van der Waals surface area contributed by atoms with E-state index in [4.69, 9.17) is 4.74 Å². The van der Waals surface area contributed by atoms with E-state index >= 15 is 0 Å². The van der Waals surface area contributed by atoms with Crippen LogP contribution in [0.1, 0.15) is 6.42 Å². The van der Waals surface area contributed by atoms with Gasteiger partial charge in [-0.25, -0.2) is 0 Å². The van der Waals surface area contributed by atoms with Crippen molar-refractivity contribution in [3.8, 4) is 5.75 Å². The van der Waals surface area contributed by atoms with Crippen LogP contribution in [-0.2, 0) is 10.2 Å². The molecule has 0 heterocycles. The van der Waals surface area contributed by atoms with Gasteiger partial charge in [-0.1, -0.05) is 30.3 Å². The smallest absolute Gasteiger partial charge is 0.302 e. The largest absolute Gasteiger partial charge is 0.494 e. The lowest BCUT2D eigenvalue weighted by Crippen LogP contribution is -2.05. The van der Waals surface area contributed by atoms with Gasteiger partial charge in [0.15, 0.2) is 0 Å². The van der Waals surface area contributed by atoms with Gasteiger partial charge in [-0.15, -0.1) is 3.89 Å². The van der Waals surface area contributed by atoms with Crippen LogP contribution in [-0.4, -0.2) is 20.8 Å². The Morgan fingerprint density at radius 2 is 1.78 bits per heavy atom. The second kappa shape index (κ2) is 5.35. The zero-order valence-corrected chi connectivity index (χ0v) is 10.5. The molecule has 2 aromatic carbocycles. The second-order valence-corrected chi connectivity index (χ2v) is 5.44. The van der Waals surface area contributed by atoms with Crippen molar-refractivity contribution in [1.29, 1.82) is 0 Å². The Kier molecular flexibility index (Phi) is 3.81. The summed E-state index contributed by atoms with van der Waals surface area (Å²) in [5, 5.41) is 2.16. The van der Waals surface area contributed by atoms with Crippen molar-refractivity contribution in [2.24, 2.45) is 0 Å². The third-order valence-corrected chi connectivity index (χ3v) is 3.30. The second-order valence-electron chi connectivity index (χ2n) is 3.95. The standard InChI is InChI=1S/C13H13FO3S/c14-18(15,16)9-3-8-17-13-7-6-11-4-1-2-5-12(11)10-13/h1-2,4-7,10H,3,8-9H2. The van der Waals surface area contributed by atoms with Crippen LogP contribution in [0.3, 0.4) is 0 Å². The molecule has 0 spiro atoms. The van der Waals surface area contributed by atoms with Crippen LogP contribution in [0.5, 0.6) is 5.75 Å². The first kappa shape index (κ1) is 12.8. The summed E-state index contributed by atoms with van der Waals surface area (Å²) in [6, 6.07) is 13.5. The molecule has 96 valence electrons. The minimum absolute atomic E-state index is 0.145. The SMILES string of the molecule is O=S(=O)(F)CCCOc1ccc2ccccc2c1. The fourth-order valence-corrected chi connectivity index (χ4v) is 2.14. The molecule has 3 nitrogen and oxygen atoms in total. The quantitative estimate of drug-likeness (QED) is 0.618. The number of hydrogen-bond donors (Lipinski definition) is 0. The summed E-state index contributed by atoms with van der Waals surface area (Å²) in [7, 11) is -4.39. The topological polar surface area (TPSA) is 43.4 Å². The monoisotopic (exact) mass is 268 g/mol. The molecular weight excluding hydrogens is 255 g/mol. The van der Waals surface area contributed by atoms with Gasteiger partial charge in [0.05, 0.1) is 12.4 Å². The number of rotatable bonds is 5. The van der Waals surface area contributed by atoms with Crippen LogP contribution in [0.25, 0.3) is 10.8 Å². The van der Waals surface area contributed by atoms with E-state index in [1.54, 1.807) is 0 Å². The van der Waals surface area contributed by atoms with Crippen molar-refractivity contribution in [3.05, 3.63) is 42.5 Å². The van der Waals surface area contributed by atoms with Crippen molar-refractivity contribution in [1.82, 2.24) is 0 Å². The lowest BCUT2D eigenvalue weighted by molar-refractivity contribution is 0.317. The number of halogens is 1. The summed E-state index contributed by atoms with van der Waals surface area (Å²) < 4.78 is 38.2. The van der Waals surface area contributed by atoms with E-state index in [1.165, 1.54) is 0 Å². The maximum atomic E-state index is 12.2. The molecule has 0 saturated heterocycles. The van der Waals surface area contributed by atoms with E-state index < -0.39 is 16.0 Å². The van der Waals surface area contributed by atoms with Gasteiger partial charge in [0.2, 0.25) is 0 Å². The Hall–Kier alpha value is -1.62. The third-order valence-electron chi connectivity index (χ3n) is 2.52. The fraction of sp³-hybridized carbons (Fsp3) is 0.231.